The van der Waals surface area contributed by atoms with Crippen molar-refractivity contribution in [3.63, 3.8) is 0 Å². The SMILES string of the molecule is C[C@@H]1[C@H](C(=O)O)CCCN1S(=O)(=O)Cc1ccccc1[N+](=O)[O-]. The fraction of sp³-hybridized carbons (Fsp3) is 0.500. The van der Waals surface area contributed by atoms with E-state index < -0.39 is 38.6 Å². The number of carboxylic acids is 1. The number of nitro groups is 1. The zero-order chi connectivity index (χ0) is 17.2. The first-order valence-corrected chi connectivity index (χ1v) is 8.79. The first-order valence-electron chi connectivity index (χ1n) is 7.18. The summed E-state index contributed by atoms with van der Waals surface area (Å²) in [5.41, 5.74) is -0.155. The second-order valence-electron chi connectivity index (χ2n) is 5.58. The summed E-state index contributed by atoms with van der Waals surface area (Å²) in [7, 11) is -3.84. The van der Waals surface area contributed by atoms with Crippen molar-refractivity contribution in [1.29, 1.82) is 0 Å². The van der Waals surface area contributed by atoms with Crippen LogP contribution in [0.2, 0.25) is 0 Å². The number of rotatable bonds is 5. The molecule has 0 unspecified atom stereocenters. The lowest BCUT2D eigenvalue weighted by atomic mass is 9.92. The summed E-state index contributed by atoms with van der Waals surface area (Å²) in [5.74, 6) is -2.30. The predicted molar refractivity (Wildman–Crippen MR) is 82.2 cm³/mol. The lowest BCUT2D eigenvalue weighted by Gasteiger charge is -2.36. The molecule has 9 heteroatoms. The molecular formula is C14H18N2O6S. The Morgan fingerprint density at radius 2 is 2.09 bits per heavy atom. The standard InChI is InChI=1S/C14H18N2O6S/c1-10-12(14(17)18)6-4-8-15(10)23(21,22)9-11-5-2-3-7-13(11)16(19)20/h2-3,5,7,10,12H,4,6,8-9H2,1H3,(H,17,18)/t10-,12-/m1/s1. The van der Waals surface area contributed by atoms with Gasteiger partial charge in [0.15, 0.2) is 0 Å². The number of hydrogen-bond acceptors (Lipinski definition) is 5. The summed E-state index contributed by atoms with van der Waals surface area (Å²) in [6.07, 6.45) is 0.880. The van der Waals surface area contributed by atoms with Gasteiger partial charge in [-0.1, -0.05) is 18.2 Å². The van der Waals surface area contributed by atoms with E-state index in [9.17, 15) is 28.4 Å². The molecule has 0 saturated carbocycles. The molecule has 2 atom stereocenters. The molecule has 2 rings (SSSR count). The topological polar surface area (TPSA) is 118 Å². The van der Waals surface area contributed by atoms with Crippen LogP contribution < -0.4 is 0 Å². The van der Waals surface area contributed by atoms with Crippen molar-refractivity contribution < 1.29 is 23.2 Å². The minimum absolute atomic E-state index is 0.0992. The normalized spacial score (nSPS) is 22.7. The van der Waals surface area contributed by atoms with Crippen molar-refractivity contribution in [2.75, 3.05) is 6.54 Å². The number of benzene rings is 1. The summed E-state index contributed by atoms with van der Waals surface area (Å²) >= 11 is 0. The van der Waals surface area contributed by atoms with Gasteiger partial charge in [-0.15, -0.1) is 0 Å². The Labute approximate surface area is 133 Å². The Morgan fingerprint density at radius 1 is 1.43 bits per heavy atom. The molecule has 1 aromatic rings. The van der Waals surface area contributed by atoms with Crippen molar-refractivity contribution in [3.8, 4) is 0 Å². The molecule has 0 radical (unpaired) electrons. The smallest absolute Gasteiger partial charge is 0.308 e. The van der Waals surface area contributed by atoms with Crippen molar-refractivity contribution in [2.45, 2.75) is 31.6 Å². The van der Waals surface area contributed by atoms with Crippen molar-refractivity contribution in [3.05, 3.63) is 39.9 Å². The highest BCUT2D eigenvalue weighted by Gasteiger charge is 2.39. The zero-order valence-electron chi connectivity index (χ0n) is 12.6. The number of carboxylic acid groups (broad SMARTS) is 1. The van der Waals surface area contributed by atoms with Crippen molar-refractivity contribution >= 4 is 21.7 Å². The molecule has 1 saturated heterocycles. The number of para-hydroxylation sites is 1. The van der Waals surface area contributed by atoms with E-state index in [2.05, 4.69) is 0 Å². The minimum Gasteiger partial charge on any atom is -0.481 e. The van der Waals surface area contributed by atoms with E-state index in [0.29, 0.717) is 12.8 Å². The maximum Gasteiger partial charge on any atom is 0.308 e. The molecule has 0 amide bonds. The monoisotopic (exact) mass is 342 g/mol. The number of aliphatic carboxylic acids is 1. The van der Waals surface area contributed by atoms with Gasteiger partial charge in [0.05, 0.1) is 16.6 Å². The van der Waals surface area contributed by atoms with E-state index in [1.807, 2.05) is 0 Å². The molecule has 8 nitrogen and oxygen atoms in total. The average molecular weight is 342 g/mol. The number of nitro benzene ring substituents is 1. The summed E-state index contributed by atoms with van der Waals surface area (Å²) in [4.78, 5) is 21.6. The maximum absolute atomic E-state index is 12.6. The van der Waals surface area contributed by atoms with Gasteiger partial charge in [0.1, 0.15) is 0 Å². The van der Waals surface area contributed by atoms with E-state index in [-0.39, 0.29) is 17.8 Å². The first kappa shape index (κ1) is 17.4. The van der Waals surface area contributed by atoms with Crippen LogP contribution in [-0.4, -0.2) is 41.3 Å². The molecule has 1 heterocycles. The van der Waals surface area contributed by atoms with Crippen LogP contribution >= 0.6 is 0 Å². The second-order valence-corrected chi connectivity index (χ2v) is 7.50. The third kappa shape index (κ3) is 3.67. The molecule has 0 spiro atoms. The van der Waals surface area contributed by atoms with Gasteiger partial charge in [0, 0.05) is 24.2 Å². The highest BCUT2D eigenvalue weighted by molar-refractivity contribution is 7.88. The highest BCUT2D eigenvalue weighted by atomic mass is 32.2. The van der Waals surface area contributed by atoms with Gasteiger partial charge in [-0.3, -0.25) is 14.9 Å². The first-order chi connectivity index (χ1) is 10.7. The van der Waals surface area contributed by atoms with Crippen LogP contribution in [0.15, 0.2) is 24.3 Å². The maximum atomic E-state index is 12.6. The van der Waals surface area contributed by atoms with E-state index in [4.69, 9.17) is 0 Å². The quantitative estimate of drug-likeness (QED) is 0.641. The number of piperidine rings is 1. The van der Waals surface area contributed by atoms with E-state index in [0.717, 1.165) is 4.31 Å². The predicted octanol–water partition coefficient (Wildman–Crippen LogP) is 1.61. The van der Waals surface area contributed by atoms with Crippen LogP contribution in [0.1, 0.15) is 25.3 Å². The summed E-state index contributed by atoms with van der Waals surface area (Å²) in [6, 6.07) is 4.99. The van der Waals surface area contributed by atoms with E-state index in [1.165, 1.54) is 24.3 Å². The van der Waals surface area contributed by atoms with Crippen LogP contribution in [0.4, 0.5) is 5.69 Å². The lowest BCUT2D eigenvalue weighted by Crippen LogP contribution is -2.49. The third-order valence-electron chi connectivity index (χ3n) is 4.13. The van der Waals surface area contributed by atoms with Gasteiger partial charge >= 0.3 is 5.97 Å². The molecule has 1 fully saturated rings. The summed E-state index contributed by atoms with van der Waals surface area (Å²) < 4.78 is 26.4. The molecule has 1 aliphatic rings. The van der Waals surface area contributed by atoms with E-state index in [1.54, 1.807) is 6.92 Å². The molecule has 0 bridgehead atoms. The van der Waals surface area contributed by atoms with Gasteiger partial charge in [0.2, 0.25) is 10.0 Å². The molecular weight excluding hydrogens is 324 g/mol. The zero-order valence-corrected chi connectivity index (χ0v) is 13.4. The Bertz CT molecular complexity index is 718. The highest BCUT2D eigenvalue weighted by Crippen LogP contribution is 2.29. The minimum atomic E-state index is -3.84. The summed E-state index contributed by atoms with van der Waals surface area (Å²) in [5, 5.41) is 20.2. The fourth-order valence-corrected chi connectivity index (χ4v) is 4.79. The van der Waals surface area contributed by atoms with Gasteiger partial charge in [-0.05, 0) is 19.8 Å². The fourth-order valence-electron chi connectivity index (χ4n) is 2.93. The summed E-state index contributed by atoms with van der Waals surface area (Å²) in [6.45, 7) is 1.79. The molecule has 0 aliphatic carbocycles. The van der Waals surface area contributed by atoms with Crippen LogP contribution in [0.3, 0.4) is 0 Å². The van der Waals surface area contributed by atoms with Crippen LogP contribution in [-0.2, 0) is 20.6 Å². The molecule has 23 heavy (non-hydrogen) atoms. The molecule has 126 valence electrons. The molecule has 1 N–H and O–H groups in total. The average Bonchev–Trinajstić information content (AvgIpc) is 2.46. The van der Waals surface area contributed by atoms with E-state index >= 15 is 0 Å². The van der Waals surface area contributed by atoms with Crippen molar-refractivity contribution in [1.82, 2.24) is 4.31 Å². The Morgan fingerprint density at radius 3 is 2.70 bits per heavy atom. The molecule has 1 aromatic carbocycles. The Hall–Kier alpha value is -2.00. The van der Waals surface area contributed by atoms with Crippen LogP contribution in [0.25, 0.3) is 0 Å². The number of carbonyl (C=O) groups is 1. The van der Waals surface area contributed by atoms with Crippen molar-refractivity contribution in [2.24, 2.45) is 5.92 Å². The van der Waals surface area contributed by atoms with Gasteiger partial charge in [-0.2, -0.15) is 4.31 Å². The van der Waals surface area contributed by atoms with Crippen LogP contribution in [0, 0.1) is 16.0 Å². The van der Waals surface area contributed by atoms with Gasteiger partial charge in [-0.25, -0.2) is 8.42 Å². The largest absolute Gasteiger partial charge is 0.481 e. The Kier molecular flexibility index (Phi) is 5.00. The third-order valence-corrected chi connectivity index (χ3v) is 6.04. The lowest BCUT2D eigenvalue weighted by molar-refractivity contribution is -0.385. The second kappa shape index (κ2) is 6.63. The van der Waals surface area contributed by atoms with Gasteiger partial charge in [0.25, 0.3) is 5.69 Å². The number of sulfonamides is 1. The molecule has 1 aliphatic heterocycles. The Balaban J connectivity index is 2.29. The number of hydrogen-bond donors (Lipinski definition) is 1. The van der Waals surface area contributed by atoms with Crippen LogP contribution in [0.5, 0.6) is 0 Å². The number of nitrogens with zero attached hydrogens (tertiary/aromatic N) is 2. The molecule has 0 aromatic heterocycles. The van der Waals surface area contributed by atoms with Gasteiger partial charge < -0.3 is 5.11 Å².